The predicted molar refractivity (Wildman–Crippen MR) is 176 cm³/mol. The van der Waals surface area contributed by atoms with E-state index in [4.69, 9.17) is 26.0 Å². The van der Waals surface area contributed by atoms with E-state index in [-0.39, 0.29) is 17.3 Å². The van der Waals surface area contributed by atoms with Gasteiger partial charge in [0.2, 0.25) is 0 Å². The Morgan fingerprint density at radius 2 is 1.64 bits per heavy atom. The van der Waals surface area contributed by atoms with Crippen LogP contribution in [0.25, 0.3) is 0 Å². The Kier molecular flexibility index (Phi) is 12.5. The third-order valence-electron chi connectivity index (χ3n) is 8.75. The molecule has 1 saturated heterocycles. The first kappa shape index (κ1) is 35.0. The van der Waals surface area contributed by atoms with E-state index in [1.807, 2.05) is 13.8 Å². The largest absolute Gasteiger partial charge is 0.361 e. The van der Waals surface area contributed by atoms with Crippen molar-refractivity contribution in [2.75, 3.05) is 10.8 Å². The van der Waals surface area contributed by atoms with Crippen LogP contribution in [-0.2, 0) is 15.7 Å². The molecule has 1 aliphatic heterocycles. The van der Waals surface area contributed by atoms with Crippen molar-refractivity contribution in [2.24, 2.45) is 5.41 Å². The second kappa shape index (κ2) is 15.0. The van der Waals surface area contributed by atoms with Gasteiger partial charge in [0.15, 0.2) is 0 Å². The maximum Gasteiger partial charge on any atom is 0.0488 e. The van der Waals surface area contributed by atoms with Crippen LogP contribution >= 0.6 is 21.3 Å². The number of hydrogen-bond acceptors (Lipinski definition) is 4. The van der Waals surface area contributed by atoms with Gasteiger partial charge in [-0.2, -0.15) is 0 Å². The van der Waals surface area contributed by atoms with Gasteiger partial charge in [-0.15, -0.1) is 11.6 Å². The van der Waals surface area contributed by atoms with E-state index in [0.29, 0.717) is 34.6 Å². The number of non-ortho nitro benzene ring substituents is 1. The van der Waals surface area contributed by atoms with Crippen molar-refractivity contribution >= 4 is 37.3 Å². The molecule has 5 nitrogen and oxygen atoms in total. The van der Waals surface area contributed by atoms with Crippen molar-refractivity contribution in [2.45, 2.75) is 123 Å². The van der Waals surface area contributed by atoms with Crippen molar-refractivity contribution in [3.63, 3.8) is 0 Å². The average Bonchev–Trinajstić information content (AvgIpc) is 3.14. The fourth-order valence-corrected chi connectivity index (χ4v) is 8.69. The summed E-state index contributed by atoms with van der Waals surface area (Å²) in [4.78, 5) is 13.0. The van der Waals surface area contributed by atoms with Crippen LogP contribution in [0.4, 0.5) is 11.4 Å². The van der Waals surface area contributed by atoms with Gasteiger partial charge in [0.05, 0.1) is 0 Å². The molecule has 235 valence electrons. The number of rotatable bonds is 8. The Labute approximate surface area is 270 Å². The molecule has 8 heteroatoms. The Morgan fingerprint density at radius 1 is 1.05 bits per heavy atom. The Morgan fingerprint density at radius 3 is 2.12 bits per heavy atom. The monoisotopic (exact) mass is 705 g/mol. The van der Waals surface area contributed by atoms with Crippen LogP contribution in [0.5, 0.6) is 5.75 Å². The molecule has 1 atom stereocenters. The summed E-state index contributed by atoms with van der Waals surface area (Å²) in [5.74, 6) is 2.43. The summed E-state index contributed by atoms with van der Waals surface area (Å²) in [7, 11) is 5.69. The van der Waals surface area contributed by atoms with Crippen LogP contribution in [0.15, 0.2) is 36.4 Å². The summed E-state index contributed by atoms with van der Waals surface area (Å²) in [6.45, 7) is 18.0. The van der Waals surface area contributed by atoms with Crippen molar-refractivity contribution < 1.29 is 25.3 Å². The van der Waals surface area contributed by atoms with Crippen LogP contribution < -0.4 is 9.64 Å². The molecule has 1 saturated carbocycles. The van der Waals surface area contributed by atoms with E-state index in [2.05, 4.69) is 64.6 Å². The third-order valence-corrected chi connectivity index (χ3v) is 10.2. The van der Waals surface area contributed by atoms with Crippen LogP contribution in [0.2, 0.25) is 0 Å². The number of benzene rings is 2. The molecule has 0 N–H and O–H groups in total. The maximum atomic E-state index is 10.6. The van der Waals surface area contributed by atoms with Crippen LogP contribution in [-0.4, -0.2) is 33.1 Å². The van der Waals surface area contributed by atoms with Crippen molar-refractivity contribution in [3.05, 3.63) is 63.2 Å². The standard InChI is InChI=1S/C24H38ClN.C10H11NO3.ClH.Ru/c1-17(2)19-11-10-12-20(18(3)4)22(19)26-21(15-25)24(16-23(26,5)6)13-8-7-9-14-24;1-7(2)14-10-5-4-9(11(12)13)6-8(10)3;;/h10-12,17-18,21H,7-9,13-16H2,1-6H3;3-7H,1-2H3;1H;/q;;;+1/p-1. The number of ether oxygens (including phenoxy) is 1. The molecule has 1 spiro atoms. The fourth-order valence-electron chi connectivity index (χ4n) is 7.14. The van der Waals surface area contributed by atoms with Gasteiger partial charge >= 0.3 is 105 Å². The second-order valence-electron chi connectivity index (χ2n) is 13.4. The Bertz CT molecular complexity index is 1210. The maximum absolute atomic E-state index is 10.6. The van der Waals surface area contributed by atoms with E-state index in [9.17, 15) is 10.1 Å². The molecule has 0 aromatic heterocycles. The van der Waals surface area contributed by atoms with Crippen molar-refractivity contribution in [3.8, 4) is 5.75 Å². The van der Waals surface area contributed by atoms with Gasteiger partial charge < -0.3 is 4.90 Å². The SMILES string of the molecule is CC(C)Oc1ccc([N+](=O)[O-])cc1[CH]=[Ru][Cl].CC(C)c1cccc(C(C)C)c1N1C(CCl)C2(CCCCC2)CC1(C)C. The van der Waals surface area contributed by atoms with Gasteiger partial charge in [-0.05, 0) is 61.5 Å². The molecule has 2 fully saturated rings. The quantitative estimate of drug-likeness (QED) is 0.119. The smallest absolute Gasteiger partial charge is 0.0488 e. The number of halogens is 2. The number of alkyl halides is 1. The van der Waals surface area contributed by atoms with Gasteiger partial charge in [0, 0.05) is 23.1 Å². The molecule has 1 aliphatic carbocycles. The molecule has 42 heavy (non-hydrogen) atoms. The van der Waals surface area contributed by atoms with Gasteiger partial charge in [0.25, 0.3) is 0 Å². The van der Waals surface area contributed by atoms with E-state index >= 15 is 0 Å². The summed E-state index contributed by atoms with van der Waals surface area (Å²) in [5.41, 5.74) is 5.78. The number of hydrogen-bond donors (Lipinski definition) is 0. The first-order valence-electron chi connectivity index (χ1n) is 15.3. The summed E-state index contributed by atoms with van der Waals surface area (Å²) in [6.07, 6.45) is 8.16. The van der Waals surface area contributed by atoms with Crippen molar-refractivity contribution in [1.29, 1.82) is 0 Å². The molecule has 2 aromatic rings. The molecule has 1 unspecified atom stereocenters. The summed E-state index contributed by atoms with van der Waals surface area (Å²) in [6, 6.07) is 11.9. The van der Waals surface area contributed by atoms with Crippen molar-refractivity contribution in [1.82, 2.24) is 0 Å². The number of nitro benzene ring substituents is 1. The zero-order valence-electron chi connectivity index (χ0n) is 26.5. The third kappa shape index (κ3) is 7.96. The van der Waals surface area contributed by atoms with Crippen LogP contribution in [0.1, 0.15) is 122 Å². The van der Waals surface area contributed by atoms with Gasteiger partial charge in [0.1, 0.15) is 0 Å². The normalized spacial score (nSPS) is 19.7. The summed E-state index contributed by atoms with van der Waals surface area (Å²) >= 11 is 6.28. The van der Waals surface area contributed by atoms with E-state index in [0.717, 1.165) is 5.88 Å². The van der Waals surface area contributed by atoms with E-state index < -0.39 is 20.6 Å². The minimum Gasteiger partial charge on any atom is -0.361 e. The van der Waals surface area contributed by atoms with E-state index in [1.54, 1.807) is 10.7 Å². The molecule has 2 aliphatic rings. The summed E-state index contributed by atoms with van der Waals surface area (Å²) < 4.78 is 7.31. The first-order valence-corrected chi connectivity index (χ1v) is 19.0. The average molecular weight is 706 g/mol. The van der Waals surface area contributed by atoms with Gasteiger partial charge in [-0.25, -0.2) is 0 Å². The number of nitrogens with zero attached hydrogens (tertiary/aromatic N) is 2. The molecule has 0 bridgehead atoms. The zero-order chi connectivity index (χ0) is 31.2. The predicted octanol–water partition coefficient (Wildman–Crippen LogP) is 10.2. The molecule has 2 aromatic carbocycles. The van der Waals surface area contributed by atoms with Gasteiger partial charge in [-0.1, -0.05) is 65.2 Å². The number of nitro groups is 1. The summed E-state index contributed by atoms with van der Waals surface area (Å²) in [5, 5.41) is 10.6. The molecular weight excluding hydrogens is 656 g/mol. The number of para-hydroxylation sites is 1. The number of anilines is 1. The molecule has 0 amide bonds. The van der Waals surface area contributed by atoms with Gasteiger partial charge in [-0.3, -0.25) is 0 Å². The topological polar surface area (TPSA) is 55.6 Å². The minimum atomic E-state index is -0.440. The molecule has 4 rings (SSSR count). The molecule has 1 heterocycles. The fraction of sp³-hybridized carbons (Fsp3) is 0.618. The van der Waals surface area contributed by atoms with E-state index in [1.165, 1.54) is 67.5 Å². The van der Waals surface area contributed by atoms with Crippen LogP contribution in [0.3, 0.4) is 0 Å². The Balaban J connectivity index is 0.000000260. The first-order chi connectivity index (χ1) is 19.8. The molecular formula is C34H49Cl2N2O3Ru. The minimum absolute atomic E-state index is 0.0275. The van der Waals surface area contributed by atoms with Crippen LogP contribution in [0, 0.1) is 15.5 Å². The zero-order valence-corrected chi connectivity index (χ0v) is 29.8. The molecule has 0 radical (unpaired) electrons. The Hall–Kier alpha value is -1.49. The second-order valence-corrected chi connectivity index (χ2v) is 15.5.